The molecule has 1 aromatic heterocycles. The van der Waals surface area contributed by atoms with Crippen LogP contribution in [0.4, 0.5) is 5.69 Å². The number of benzene rings is 1. The summed E-state index contributed by atoms with van der Waals surface area (Å²) in [4.78, 5) is 39.9. The fourth-order valence-corrected chi connectivity index (χ4v) is 4.00. The fourth-order valence-electron chi connectivity index (χ4n) is 2.33. The minimum Gasteiger partial charge on any atom is -0.332 e. The summed E-state index contributed by atoms with van der Waals surface area (Å²) in [6, 6.07) is 6.64. The third-order valence-corrected chi connectivity index (χ3v) is 5.38. The van der Waals surface area contributed by atoms with Gasteiger partial charge in [-0.2, -0.15) is 0 Å². The Balaban J connectivity index is 1.87. The van der Waals surface area contributed by atoms with Crippen LogP contribution in [0, 0.1) is 6.92 Å². The molecule has 3 amide bonds. The maximum absolute atomic E-state index is 12.6. The number of para-hydroxylation sites is 1. The first-order valence-electron chi connectivity index (χ1n) is 7.10. The number of carbonyl (C=O) groups excluding carboxylic acids is 3. The number of amides is 3. The number of hydrogen-bond donors (Lipinski definition) is 0. The Morgan fingerprint density at radius 3 is 2.75 bits per heavy atom. The van der Waals surface area contributed by atoms with Gasteiger partial charge >= 0.3 is 0 Å². The number of fused-ring (bicyclic) bond motifs is 1. The number of carbonyl (C=O) groups is 3. The predicted molar refractivity (Wildman–Crippen MR) is 91.3 cm³/mol. The number of aryl methyl sites for hydroxylation is 1. The third-order valence-electron chi connectivity index (χ3n) is 3.42. The predicted octanol–water partition coefficient (Wildman–Crippen LogP) is 1.58. The quantitative estimate of drug-likeness (QED) is 0.771. The zero-order valence-corrected chi connectivity index (χ0v) is 14.7. The van der Waals surface area contributed by atoms with E-state index in [4.69, 9.17) is 0 Å². The molecule has 0 bridgehead atoms. The van der Waals surface area contributed by atoms with Crippen LogP contribution in [-0.2, 0) is 9.59 Å². The smallest absolute Gasteiger partial charge is 0.256 e. The van der Waals surface area contributed by atoms with Crippen molar-refractivity contribution in [3.05, 3.63) is 34.8 Å². The maximum atomic E-state index is 12.6. The van der Waals surface area contributed by atoms with Gasteiger partial charge in [0.25, 0.3) is 11.8 Å². The standard InChI is InChI=1S/C15H14N4O3S2/c1-9-16-17-15(24-9)23-8-13(21)19-11-6-4-3-5-10(11)14(22)18(2)7-12(19)20/h3-6H,7-8H2,1-2H3. The molecular weight excluding hydrogens is 348 g/mol. The summed E-state index contributed by atoms with van der Waals surface area (Å²) in [7, 11) is 1.55. The Labute approximate surface area is 146 Å². The van der Waals surface area contributed by atoms with E-state index in [1.807, 2.05) is 6.92 Å². The van der Waals surface area contributed by atoms with E-state index in [1.54, 1.807) is 31.3 Å². The topological polar surface area (TPSA) is 83.5 Å². The van der Waals surface area contributed by atoms with Crippen LogP contribution in [0.1, 0.15) is 15.4 Å². The van der Waals surface area contributed by atoms with E-state index in [-0.39, 0.29) is 24.1 Å². The van der Waals surface area contributed by atoms with Gasteiger partial charge in [0.2, 0.25) is 5.91 Å². The first kappa shape index (κ1) is 16.6. The lowest BCUT2D eigenvalue weighted by Crippen LogP contribution is -2.42. The lowest BCUT2D eigenvalue weighted by Gasteiger charge is -2.19. The molecule has 24 heavy (non-hydrogen) atoms. The monoisotopic (exact) mass is 362 g/mol. The van der Waals surface area contributed by atoms with Crippen molar-refractivity contribution in [3.63, 3.8) is 0 Å². The van der Waals surface area contributed by atoms with E-state index in [0.29, 0.717) is 15.6 Å². The number of nitrogens with zero attached hydrogens (tertiary/aromatic N) is 4. The summed E-state index contributed by atoms with van der Waals surface area (Å²) in [5.41, 5.74) is 0.673. The Hall–Kier alpha value is -2.26. The van der Waals surface area contributed by atoms with Crippen LogP contribution < -0.4 is 4.90 Å². The molecule has 1 aliphatic rings. The average molecular weight is 362 g/mol. The van der Waals surface area contributed by atoms with E-state index in [1.165, 1.54) is 28.0 Å². The van der Waals surface area contributed by atoms with Gasteiger partial charge in [-0.15, -0.1) is 10.2 Å². The molecule has 0 saturated carbocycles. The second kappa shape index (κ2) is 6.70. The van der Waals surface area contributed by atoms with Crippen molar-refractivity contribution in [2.45, 2.75) is 11.3 Å². The van der Waals surface area contributed by atoms with Crippen molar-refractivity contribution in [2.24, 2.45) is 0 Å². The molecular formula is C15H14N4O3S2. The van der Waals surface area contributed by atoms with Gasteiger partial charge in [-0.25, -0.2) is 4.90 Å². The maximum Gasteiger partial charge on any atom is 0.256 e. The van der Waals surface area contributed by atoms with E-state index < -0.39 is 5.91 Å². The number of rotatable bonds is 3. The molecule has 7 nitrogen and oxygen atoms in total. The van der Waals surface area contributed by atoms with Gasteiger partial charge in [-0.05, 0) is 19.1 Å². The molecule has 0 aliphatic carbocycles. The summed E-state index contributed by atoms with van der Waals surface area (Å²) in [6.07, 6.45) is 0. The summed E-state index contributed by atoms with van der Waals surface area (Å²) >= 11 is 2.62. The molecule has 9 heteroatoms. The second-order valence-corrected chi connectivity index (χ2v) is 7.58. The molecule has 0 spiro atoms. The minimum absolute atomic E-state index is 0.0482. The molecule has 0 saturated heterocycles. The van der Waals surface area contributed by atoms with Crippen LogP contribution in [-0.4, -0.2) is 52.2 Å². The molecule has 0 unspecified atom stereocenters. The SMILES string of the molecule is Cc1nnc(SCC(=O)N2C(=O)CN(C)C(=O)c3ccccc32)s1. The third kappa shape index (κ3) is 3.17. The highest BCUT2D eigenvalue weighted by Gasteiger charge is 2.33. The molecule has 2 heterocycles. The van der Waals surface area contributed by atoms with Gasteiger partial charge in [0.05, 0.1) is 17.0 Å². The molecule has 1 aliphatic heterocycles. The van der Waals surface area contributed by atoms with Crippen LogP contribution in [0.5, 0.6) is 0 Å². The average Bonchev–Trinajstić information content (AvgIpc) is 2.94. The van der Waals surface area contributed by atoms with Crippen molar-refractivity contribution in [1.82, 2.24) is 15.1 Å². The summed E-state index contributed by atoms with van der Waals surface area (Å²) in [6.45, 7) is 1.70. The van der Waals surface area contributed by atoms with Crippen molar-refractivity contribution in [1.29, 1.82) is 0 Å². The van der Waals surface area contributed by atoms with Crippen LogP contribution in [0.3, 0.4) is 0 Å². The highest BCUT2D eigenvalue weighted by molar-refractivity contribution is 8.01. The van der Waals surface area contributed by atoms with Crippen LogP contribution in [0.15, 0.2) is 28.6 Å². The first-order chi connectivity index (χ1) is 11.5. The van der Waals surface area contributed by atoms with E-state index in [9.17, 15) is 14.4 Å². The lowest BCUT2D eigenvalue weighted by molar-refractivity contribution is -0.125. The van der Waals surface area contributed by atoms with Gasteiger partial charge in [0, 0.05) is 7.05 Å². The number of hydrogen-bond acceptors (Lipinski definition) is 7. The summed E-state index contributed by atoms with van der Waals surface area (Å²) < 4.78 is 0.671. The van der Waals surface area contributed by atoms with E-state index in [2.05, 4.69) is 10.2 Å². The highest BCUT2D eigenvalue weighted by Crippen LogP contribution is 2.27. The van der Waals surface area contributed by atoms with Crippen molar-refractivity contribution in [3.8, 4) is 0 Å². The fraction of sp³-hybridized carbons (Fsp3) is 0.267. The zero-order chi connectivity index (χ0) is 17.3. The Bertz CT molecular complexity index is 821. The number of aromatic nitrogens is 2. The Kier molecular flexibility index (Phi) is 4.63. The largest absolute Gasteiger partial charge is 0.332 e. The number of imide groups is 1. The molecule has 0 radical (unpaired) electrons. The Morgan fingerprint density at radius 2 is 2.04 bits per heavy atom. The lowest BCUT2D eigenvalue weighted by atomic mass is 10.1. The number of anilines is 1. The number of thioether (sulfide) groups is 1. The summed E-state index contributed by atoms with van der Waals surface area (Å²) in [5, 5.41) is 8.66. The van der Waals surface area contributed by atoms with Crippen molar-refractivity contribution in [2.75, 3.05) is 24.2 Å². The van der Waals surface area contributed by atoms with E-state index in [0.717, 1.165) is 9.91 Å². The normalized spacial score (nSPS) is 14.6. The van der Waals surface area contributed by atoms with Crippen molar-refractivity contribution >= 4 is 46.5 Å². The molecule has 0 N–H and O–H groups in total. The van der Waals surface area contributed by atoms with Crippen LogP contribution >= 0.6 is 23.1 Å². The van der Waals surface area contributed by atoms with Gasteiger partial charge < -0.3 is 4.90 Å². The van der Waals surface area contributed by atoms with Gasteiger partial charge in [0.15, 0.2) is 4.34 Å². The molecule has 0 fully saturated rings. The second-order valence-electron chi connectivity index (χ2n) is 5.18. The van der Waals surface area contributed by atoms with Gasteiger partial charge in [0.1, 0.15) is 11.6 Å². The zero-order valence-electron chi connectivity index (χ0n) is 13.1. The van der Waals surface area contributed by atoms with Gasteiger partial charge in [-0.3, -0.25) is 14.4 Å². The molecule has 3 rings (SSSR count). The number of likely N-dealkylation sites (N-methyl/N-ethyl adjacent to an activating group) is 1. The highest BCUT2D eigenvalue weighted by atomic mass is 32.2. The Morgan fingerprint density at radius 1 is 1.29 bits per heavy atom. The molecule has 1 aromatic carbocycles. The van der Waals surface area contributed by atoms with Crippen LogP contribution in [0.25, 0.3) is 0 Å². The molecule has 0 atom stereocenters. The molecule has 124 valence electrons. The van der Waals surface area contributed by atoms with Crippen LogP contribution in [0.2, 0.25) is 0 Å². The minimum atomic E-state index is -0.421. The van der Waals surface area contributed by atoms with Crippen molar-refractivity contribution < 1.29 is 14.4 Å². The molecule has 2 aromatic rings. The summed E-state index contributed by atoms with van der Waals surface area (Å²) in [5.74, 6) is -1.03. The van der Waals surface area contributed by atoms with E-state index >= 15 is 0 Å². The van der Waals surface area contributed by atoms with Gasteiger partial charge in [-0.1, -0.05) is 35.2 Å². The first-order valence-corrected chi connectivity index (χ1v) is 8.91.